The van der Waals surface area contributed by atoms with Gasteiger partial charge in [-0.25, -0.2) is 4.39 Å². The molecular weight excluding hydrogens is 449 g/mol. The van der Waals surface area contributed by atoms with Gasteiger partial charge in [0.05, 0.1) is 17.5 Å². The van der Waals surface area contributed by atoms with Crippen molar-refractivity contribution in [1.82, 2.24) is 5.32 Å². The molecule has 0 fully saturated rings. The minimum absolute atomic E-state index is 0.252. The molecular formula is C25H21ClFNO5. The number of fused-ring (bicyclic) bond motifs is 1. The van der Waals surface area contributed by atoms with Crippen LogP contribution in [0.5, 0.6) is 17.2 Å². The van der Waals surface area contributed by atoms with Crippen LogP contribution in [0.4, 0.5) is 4.39 Å². The van der Waals surface area contributed by atoms with Crippen LogP contribution in [0.1, 0.15) is 33.8 Å². The average Bonchev–Trinajstić information content (AvgIpc) is 2.79. The zero-order chi connectivity index (χ0) is 23.4. The Morgan fingerprint density at radius 1 is 1.15 bits per heavy atom. The van der Waals surface area contributed by atoms with Crippen LogP contribution in [0.2, 0.25) is 5.02 Å². The Morgan fingerprint density at radius 2 is 1.94 bits per heavy atom. The maximum absolute atomic E-state index is 13.2. The summed E-state index contributed by atoms with van der Waals surface area (Å²) in [4.78, 5) is 23.8. The van der Waals surface area contributed by atoms with E-state index in [0.717, 1.165) is 5.56 Å². The molecule has 1 atom stereocenters. The Labute approximate surface area is 194 Å². The fourth-order valence-electron chi connectivity index (χ4n) is 3.64. The third-order valence-corrected chi connectivity index (χ3v) is 5.63. The molecule has 1 aliphatic rings. The lowest BCUT2D eigenvalue weighted by Gasteiger charge is -2.24. The number of halogens is 2. The summed E-state index contributed by atoms with van der Waals surface area (Å²) in [6, 6.07) is 15.9. The van der Waals surface area contributed by atoms with E-state index in [1.54, 1.807) is 48.5 Å². The number of benzene rings is 3. The van der Waals surface area contributed by atoms with Crippen molar-refractivity contribution in [1.29, 1.82) is 0 Å². The number of aliphatic carboxylic acids is 1. The summed E-state index contributed by atoms with van der Waals surface area (Å²) in [5, 5.41) is 12.5. The molecule has 170 valence electrons. The van der Waals surface area contributed by atoms with Gasteiger partial charge >= 0.3 is 5.97 Å². The highest BCUT2D eigenvalue weighted by molar-refractivity contribution is 6.32. The lowest BCUT2D eigenvalue weighted by molar-refractivity contribution is -0.139. The molecule has 4 rings (SSSR count). The molecule has 0 saturated heterocycles. The summed E-state index contributed by atoms with van der Waals surface area (Å²) in [5.41, 5.74) is 1.78. The van der Waals surface area contributed by atoms with E-state index < -0.39 is 11.9 Å². The standard InChI is InChI=1S/C25H21ClFNO5/c26-21-13-20-19(25(30)31)9-11-32-22(20)14-23(21)33-18-6-4-16(5-7-18)24(29)28-10-8-15-2-1-3-17(27)12-15/h1-7,12-14,19H,8-11H2,(H,28,29)(H,30,31). The summed E-state index contributed by atoms with van der Waals surface area (Å²) in [6.07, 6.45) is 0.900. The minimum atomic E-state index is -0.922. The number of nitrogens with one attached hydrogen (secondary N) is 1. The van der Waals surface area contributed by atoms with Crippen molar-refractivity contribution in [3.05, 3.63) is 88.2 Å². The number of ether oxygens (including phenoxy) is 2. The highest BCUT2D eigenvalue weighted by atomic mass is 35.5. The van der Waals surface area contributed by atoms with E-state index in [9.17, 15) is 19.1 Å². The Kier molecular flexibility index (Phi) is 6.79. The predicted octanol–water partition coefficient (Wildman–Crippen LogP) is 5.19. The molecule has 1 heterocycles. The summed E-state index contributed by atoms with van der Waals surface area (Å²) < 4.78 is 24.6. The van der Waals surface area contributed by atoms with Gasteiger partial charge < -0.3 is 19.9 Å². The fourth-order valence-corrected chi connectivity index (χ4v) is 3.85. The quantitative estimate of drug-likeness (QED) is 0.497. The molecule has 3 aromatic rings. The number of carboxylic acid groups (broad SMARTS) is 1. The van der Waals surface area contributed by atoms with Gasteiger partial charge in [-0.1, -0.05) is 23.7 Å². The fraction of sp³-hybridized carbons (Fsp3) is 0.200. The first kappa shape index (κ1) is 22.6. The van der Waals surface area contributed by atoms with Gasteiger partial charge in [0.2, 0.25) is 0 Å². The van der Waals surface area contributed by atoms with Gasteiger partial charge in [-0.05, 0) is 60.9 Å². The molecule has 33 heavy (non-hydrogen) atoms. The lowest BCUT2D eigenvalue weighted by atomic mass is 9.93. The van der Waals surface area contributed by atoms with E-state index in [-0.39, 0.29) is 16.7 Å². The molecule has 0 aromatic heterocycles. The first-order valence-electron chi connectivity index (χ1n) is 10.4. The van der Waals surface area contributed by atoms with Crippen LogP contribution in [0, 0.1) is 5.82 Å². The van der Waals surface area contributed by atoms with Crippen molar-refractivity contribution in [2.45, 2.75) is 18.8 Å². The normalized spacial score (nSPS) is 14.7. The monoisotopic (exact) mass is 469 g/mol. The molecule has 0 spiro atoms. The van der Waals surface area contributed by atoms with Crippen molar-refractivity contribution < 1.29 is 28.6 Å². The van der Waals surface area contributed by atoms with Crippen LogP contribution in [0.15, 0.2) is 60.7 Å². The molecule has 1 amide bonds. The zero-order valence-electron chi connectivity index (χ0n) is 17.5. The van der Waals surface area contributed by atoms with Gasteiger partial charge in [0.1, 0.15) is 23.1 Å². The summed E-state index contributed by atoms with van der Waals surface area (Å²) >= 11 is 6.32. The third kappa shape index (κ3) is 5.43. The van der Waals surface area contributed by atoms with Crippen LogP contribution in [-0.4, -0.2) is 30.1 Å². The van der Waals surface area contributed by atoms with E-state index >= 15 is 0 Å². The highest BCUT2D eigenvalue weighted by Crippen LogP contribution is 2.41. The smallest absolute Gasteiger partial charge is 0.311 e. The van der Waals surface area contributed by atoms with Crippen molar-refractivity contribution >= 4 is 23.5 Å². The zero-order valence-corrected chi connectivity index (χ0v) is 18.3. The molecule has 6 nitrogen and oxygen atoms in total. The van der Waals surface area contributed by atoms with Gasteiger partial charge in [-0.2, -0.15) is 0 Å². The Hall–Kier alpha value is -3.58. The second-order valence-electron chi connectivity index (χ2n) is 7.61. The third-order valence-electron chi connectivity index (χ3n) is 5.33. The lowest BCUT2D eigenvalue weighted by Crippen LogP contribution is -2.25. The van der Waals surface area contributed by atoms with Crippen molar-refractivity contribution in [2.75, 3.05) is 13.2 Å². The average molecular weight is 470 g/mol. The summed E-state index contributed by atoms with van der Waals surface area (Å²) in [6.45, 7) is 0.677. The van der Waals surface area contributed by atoms with Crippen LogP contribution >= 0.6 is 11.6 Å². The predicted molar refractivity (Wildman–Crippen MR) is 121 cm³/mol. The van der Waals surface area contributed by atoms with Crippen LogP contribution < -0.4 is 14.8 Å². The van der Waals surface area contributed by atoms with E-state index in [1.807, 2.05) is 0 Å². The second-order valence-corrected chi connectivity index (χ2v) is 8.02. The number of hydrogen-bond donors (Lipinski definition) is 2. The van der Waals surface area contributed by atoms with E-state index in [2.05, 4.69) is 5.32 Å². The van der Waals surface area contributed by atoms with Gasteiger partial charge in [0.25, 0.3) is 5.91 Å². The van der Waals surface area contributed by atoms with E-state index in [4.69, 9.17) is 21.1 Å². The molecule has 1 aliphatic heterocycles. The van der Waals surface area contributed by atoms with Crippen LogP contribution in [0.3, 0.4) is 0 Å². The number of carbonyl (C=O) groups excluding carboxylic acids is 1. The van der Waals surface area contributed by atoms with Gasteiger partial charge in [0.15, 0.2) is 0 Å². The topological polar surface area (TPSA) is 84.9 Å². The van der Waals surface area contributed by atoms with Gasteiger partial charge in [0, 0.05) is 23.7 Å². The highest BCUT2D eigenvalue weighted by Gasteiger charge is 2.29. The van der Waals surface area contributed by atoms with E-state index in [1.165, 1.54) is 12.1 Å². The Morgan fingerprint density at radius 3 is 2.67 bits per heavy atom. The van der Waals surface area contributed by atoms with Gasteiger partial charge in [-0.15, -0.1) is 0 Å². The summed E-state index contributed by atoms with van der Waals surface area (Å²) in [5.74, 6) is -0.928. The molecule has 0 radical (unpaired) electrons. The number of rotatable bonds is 7. The molecule has 1 unspecified atom stereocenters. The second kappa shape index (κ2) is 9.92. The molecule has 2 N–H and O–H groups in total. The number of hydrogen-bond acceptors (Lipinski definition) is 4. The largest absolute Gasteiger partial charge is 0.493 e. The first-order valence-corrected chi connectivity index (χ1v) is 10.8. The Bertz CT molecular complexity index is 1180. The molecule has 0 saturated carbocycles. The van der Waals surface area contributed by atoms with Crippen molar-refractivity contribution in [3.8, 4) is 17.2 Å². The minimum Gasteiger partial charge on any atom is -0.493 e. The maximum Gasteiger partial charge on any atom is 0.311 e. The SMILES string of the molecule is O=C(NCCc1cccc(F)c1)c1ccc(Oc2cc3c(cc2Cl)C(C(=O)O)CCO3)cc1. The molecule has 8 heteroatoms. The Balaban J connectivity index is 1.38. The van der Waals surface area contributed by atoms with Gasteiger partial charge in [-0.3, -0.25) is 9.59 Å². The first-order chi connectivity index (χ1) is 15.9. The number of carboxylic acids is 1. The molecule has 0 aliphatic carbocycles. The number of carbonyl (C=O) groups is 2. The maximum atomic E-state index is 13.2. The van der Waals surface area contributed by atoms with Crippen molar-refractivity contribution in [2.24, 2.45) is 0 Å². The molecule has 3 aromatic carbocycles. The number of amides is 1. The van der Waals surface area contributed by atoms with Crippen molar-refractivity contribution in [3.63, 3.8) is 0 Å². The van der Waals surface area contributed by atoms with E-state index in [0.29, 0.717) is 54.4 Å². The summed E-state index contributed by atoms with van der Waals surface area (Å²) in [7, 11) is 0. The van der Waals surface area contributed by atoms with Crippen LogP contribution in [0.25, 0.3) is 0 Å². The molecule has 0 bridgehead atoms. The van der Waals surface area contributed by atoms with Crippen LogP contribution in [-0.2, 0) is 11.2 Å².